The van der Waals surface area contributed by atoms with Crippen molar-refractivity contribution >= 4 is 0 Å². The van der Waals surface area contributed by atoms with Crippen LogP contribution in [0.4, 0.5) is 4.39 Å². The average molecular weight is 343 g/mol. The molecule has 0 amide bonds. The fourth-order valence-corrected chi connectivity index (χ4v) is 4.01. The number of hydrogen-bond acceptors (Lipinski definition) is 3. The zero-order chi connectivity index (χ0) is 18.0. The predicted molar refractivity (Wildman–Crippen MR) is 97.5 cm³/mol. The van der Waals surface area contributed by atoms with Crippen LogP contribution in [0.2, 0.25) is 0 Å². The van der Waals surface area contributed by atoms with E-state index in [9.17, 15) is 9.50 Å². The van der Waals surface area contributed by atoms with Gasteiger partial charge in [0.05, 0.1) is 0 Å². The van der Waals surface area contributed by atoms with E-state index in [0.29, 0.717) is 17.4 Å². The Kier molecular flexibility index (Phi) is 5.00. The Morgan fingerprint density at radius 3 is 2.44 bits per heavy atom. The molecule has 0 aromatic heterocycles. The Labute approximate surface area is 148 Å². The third-order valence-electron chi connectivity index (χ3n) is 5.48. The van der Waals surface area contributed by atoms with Crippen LogP contribution in [0.5, 0.6) is 17.2 Å². The zero-order valence-electron chi connectivity index (χ0n) is 14.8. The second-order valence-electron chi connectivity index (χ2n) is 7.48. The van der Waals surface area contributed by atoms with Gasteiger partial charge in [-0.05, 0) is 54.5 Å². The van der Waals surface area contributed by atoms with Gasteiger partial charge in [0, 0.05) is 11.6 Å². The predicted octanol–water partition coefficient (Wildman–Crippen LogP) is 5.12. The minimum atomic E-state index is -0.322. The molecule has 3 N–H and O–H groups in total. The van der Waals surface area contributed by atoms with E-state index in [4.69, 9.17) is 10.5 Å². The van der Waals surface area contributed by atoms with Crippen LogP contribution in [0, 0.1) is 11.7 Å². The summed E-state index contributed by atoms with van der Waals surface area (Å²) in [5.41, 5.74) is 6.96. The minimum absolute atomic E-state index is 0.134. The smallest absolute Gasteiger partial charge is 0.169 e. The first-order valence-electron chi connectivity index (χ1n) is 8.91. The highest BCUT2D eigenvalue weighted by atomic mass is 19.1. The van der Waals surface area contributed by atoms with E-state index in [1.165, 1.54) is 25.0 Å². The summed E-state index contributed by atoms with van der Waals surface area (Å²) in [4.78, 5) is 0. The molecule has 3 nitrogen and oxygen atoms in total. The van der Waals surface area contributed by atoms with Crippen molar-refractivity contribution in [2.45, 2.75) is 51.0 Å². The maximum Gasteiger partial charge on any atom is 0.169 e. The van der Waals surface area contributed by atoms with E-state index in [2.05, 4.69) is 13.8 Å². The van der Waals surface area contributed by atoms with E-state index >= 15 is 0 Å². The van der Waals surface area contributed by atoms with Crippen LogP contribution in [-0.4, -0.2) is 11.1 Å². The van der Waals surface area contributed by atoms with Gasteiger partial charge in [-0.2, -0.15) is 0 Å². The van der Waals surface area contributed by atoms with Crippen LogP contribution >= 0.6 is 0 Å². The number of phenols is 1. The average Bonchev–Trinajstić information content (AvgIpc) is 2.59. The van der Waals surface area contributed by atoms with Gasteiger partial charge >= 0.3 is 0 Å². The van der Waals surface area contributed by atoms with Crippen LogP contribution in [-0.2, 0) is 5.41 Å². The molecular weight excluding hydrogens is 317 g/mol. The number of benzene rings is 2. The van der Waals surface area contributed by atoms with Gasteiger partial charge in [0.2, 0.25) is 0 Å². The van der Waals surface area contributed by atoms with Crippen molar-refractivity contribution in [1.29, 1.82) is 0 Å². The van der Waals surface area contributed by atoms with Gasteiger partial charge in [-0.25, -0.2) is 4.39 Å². The highest BCUT2D eigenvalue weighted by Gasteiger charge is 2.38. The summed E-state index contributed by atoms with van der Waals surface area (Å²) in [6.45, 7) is 4.28. The fraction of sp³-hybridized carbons (Fsp3) is 0.429. The van der Waals surface area contributed by atoms with Gasteiger partial charge in [0.15, 0.2) is 11.5 Å². The van der Waals surface area contributed by atoms with Crippen molar-refractivity contribution in [1.82, 2.24) is 0 Å². The van der Waals surface area contributed by atoms with Crippen molar-refractivity contribution in [3.63, 3.8) is 0 Å². The largest absolute Gasteiger partial charge is 0.504 e. The van der Waals surface area contributed by atoms with Gasteiger partial charge < -0.3 is 15.6 Å². The van der Waals surface area contributed by atoms with Crippen LogP contribution in [0.3, 0.4) is 0 Å². The molecule has 1 aliphatic rings. The van der Waals surface area contributed by atoms with E-state index in [-0.39, 0.29) is 23.0 Å². The van der Waals surface area contributed by atoms with Gasteiger partial charge in [-0.1, -0.05) is 38.8 Å². The molecule has 0 radical (unpaired) electrons. The molecule has 0 aliphatic heterocycles. The number of para-hydroxylation sites is 1. The fourth-order valence-electron chi connectivity index (χ4n) is 4.01. The zero-order valence-corrected chi connectivity index (χ0v) is 14.8. The second kappa shape index (κ2) is 7.04. The van der Waals surface area contributed by atoms with Crippen molar-refractivity contribution < 1.29 is 14.2 Å². The molecule has 25 heavy (non-hydrogen) atoms. The summed E-state index contributed by atoms with van der Waals surface area (Å²) in [6.07, 6.45) is 4.44. The van der Waals surface area contributed by atoms with E-state index in [1.54, 1.807) is 18.2 Å². The third-order valence-corrected chi connectivity index (χ3v) is 5.48. The quantitative estimate of drug-likeness (QED) is 0.810. The lowest BCUT2D eigenvalue weighted by atomic mass is 9.65. The molecule has 2 aromatic rings. The van der Waals surface area contributed by atoms with Crippen LogP contribution in [0.15, 0.2) is 42.5 Å². The van der Waals surface area contributed by atoms with Crippen LogP contribution in [0.1, 0.15) is 45.1 Å². The lowest BCUT2D eigenvalue weighted by Crippen LogP contribution is -2.44. The van der Waals surface area contributed by atoms with Gasteiger partial charge in [-0.15, -0.1) is 0 Å². The van der Waals surface area contributed by atoms with Crippen molar-refractivity contribution in [2.75, 3.05) is 0 Å². The highest BCUT2D eigenvalue weighted by Crippen LogP contribution is 2.46. The molecule has 2 atom stereocenters. The van der Waals surface area contributed by atoms with Gasteiger partial charge in [-0.3, -0.25) is 0 Å². The lowest BCUT2D eigenvalue weighted by Gasteiger charge is -2.41. The first-order chi connectivity index (χ1) is 11.9. The summed E-state index contributed by atoms with van der Waals surface area (Å²) in [6, 6.07) is 11.4. The van der Waals surface area contributed by atoms with E-state index in [0.717, 1.165) is 18.4 Å². The second-order valence-corrected chi connectivity index (χ2v) is 7.48. The molecule has 3 rings (SSSR count). The Hall–Kier alpha value is -2.07. The van der Waals surface area contributed by atoms with Crippen molar-refractivity contribution in [2.24, 2.45) is 11.7 Å². The van der Waals surface area contributed by atoms with E-state index < -0.39 is 0 Å². The Bertz CT molecular complexity index is 727. The Morgan fingerprint density at radius 1 is 1.08 bits per heavy atom. The molecule has 1 saturated carbocycles. The summed E-state index contributed by atoms with van der Waals surface area (Å²) in [7, 11) is 0. The first kappa shape index (κ1) is 17.7. The number of halogens is 1. The molecule has 1 aliphatic carbocycles. The summed E-state index contributed by atoms with van der Waals surface area (Å²) >= 11 is 0. The summed E-state index contributed by atoms with van der Waals surface area (Å²) in [5.74, 6) is 0.989. The number of hydrogen-bond donors (Lipinski definition) is 2. The maximum absolute atomic E-state index is 13.1. The molecule has 4 heteroatoms. The number of phenolic OH excluding ortho intramolecular Hbond substituents is 1. The molecule has 2 unspecified atom stereocenters. The monoisotopic (exact) mass is 343 g/mol. The van der Waals surface area contributed by atoms with E-state index in [1.807, 2.05) is 12.1 Å². The first-order valence-corrected chi connectivity index (χ1v) is 8.91. The number of rotatable bonds is 4. The topological polar surface area (TPSA) is 55.5 Å². The van der Waals surface area contributed by atoms with Crippen LogP contribution < -0.4 is 10.5 Å². The highest BCUT2D eigenvalue weighted by molar-refractivity contribution is 5.50. The third kappa shape index (κ3) is 3.64. The standard InChI is InChI=1S/C21H26FNO2/c1-21(2,16-6-3-4-8-18(16)23)17-7-5-9-19(20(17)24)25-15-12-10-14(22)11-13-15/h5,7,9-13,16,18,24H,3-4,6,8,23H2,1-2H3. The molecule has 0 heterocycles. The van der Waals surface area contributed by atoms with Crippen molar-refractivity contribution in [3.8, 4) is 17.2 Å². The Morgan fingerprint density at radius 2 is 1.76 bits per heavy atom. The molecular formula is C21H26FNO2. The molecule has 0 saturated heterocycles. The summed E-state index contributed by atoms with van der Waals surface area (Å²) in [5, 5.41) is 10.8. The molecule has 134 valence electrons. The minimum Gasteiger partial charge on any atom is -0.504 e. The SMILES string of the molecule is CC(C)(c1cccc(Oc2ccc(F)cc2)c1O)C1CCCCC1N. The molecule has 0 bridgehead atoms. The number of aromatic hydroxyl groups is 1. The van der Waals surface area contributed by atoms with Crippen molar-refractivity contribution in [3.05, 3.63) is 53.8 Å². The normalized spacial score (nSPS) is 21.1. The molecule has 0 spiro atoms. The summed E-state index contributed by atoms with van der Waals surface area (Å²) < 4.78 is 18.8. The number of nitrogens with two attached hydrogens (primary N) is 1. The Balaban J connectivity index is 1.90. The lowest BCUT2D eigenvalue weighted by molar-refractivity contribution is 0.199. The molecule has 1 fully saturated rings. The van der Waals surface area contributed by atoms with Gasteiger partial charge in [0.1, 0.15) is 11.6 Å². The van der Waals surface area contributed by atoms with Gasteiger partial charge in [0.25, 0.3) is 0 Å². The molecule has 2 aromatic carbocycles. The maximum atomic E-state index is 13.1. The number of ether oxygens (including phenoxy) is 1. The van der Waals surface area contributed by atoms with Crippen LogP contribution in [0.25, 0.3) is 0 Å².